The third-order valence-electron chi connectivity index (χ3n) is 12.2. The van der Waals surface area contributed by atoms with E-state index in [4.69, 9.17) is 56.8 Å². The van der Waals surface area contributed by atoms with Crippen molar-refractivity contribution in [2.24, 2.45) is 0 Å². The Morgan fingerprint density at radius 2 is 0.848 bits per heavy atom. The summed E-state index contributed by atoms with van der Waals surface area (Å²) < 4.78 is 74.0. The number of unbranched alkanes of at least 4 members (excludes halogenated alkanes) is 5. The van der Waals surface area contributed by atoms with Crippen LogP contribution in [0.2, 0.25) is 0 Å². The first-order valence-electron chi connectivity index (χ1n) is 23.3. The van der Waals surface area contributed by atoms with Crippen LogP contribution in [-0.2, 0) is 76.7 Å². The Morgan fingerprint density at radius 1 is 0.424 bits per heavy atom. The summed E-state index contributed by atoms with van der Waals surface area (Å²) in [4.78, 5) is 0. The molecule has 0 spiro atoms. The second-order valence-electron chi connectivity index (χ2n) is 17.0. The van der Waals surface area contributed by atoms with Crippen molar-refractivity contribution < 1.29 is 77.3 Å². The van der Waals surface area contributed by atoms with Gasteiger partial charge in [0, 0.05) is 27.9 Å². The van der Waals surface area contributed by atoms with Crippen LogP contribution in [0.1, 0.15) is 62.1 Å². The number of rotatable bonds is 27. The summed E-state index contributed by atoms with van der Waals surface area (Å²) in [5, 5.41) is 46.8. The van der Waals surface area contributed by atoms with E-state index in [1.807, 2.05) is 91.0 Å². The Morgan fingerprint density at radius 3 is 1.36 bits per heavy atom. The average molecular weight is 929 g/mol. The summed E-state index contributed by atoms with van der Waals surface area (Å²) >= 11 is 0. The zero-order valence-corrected chi connectivity index (χ0v) is 38.7. The van der Waals surface area contributed by atoms with Gasteiger partial charge in [-0.1, -0.05) is 130 Å². The van der Waals surface area contributed by atoms with Gasteiger partial charge in [-0.15, -0.1) is 0 Å². The first kappa shape index (κ1) is 52.4. The Hall–Kier alpha value is -2.98. The molecule has 4 N–H and O–H groups in total. The molecule has 3 heterocycles. The molecule has 3 saturated heterocycles. The lowest BCUT2D eigenvalue weighted by atomic mass is 9.95. The monoisotopic (exact) mass is 928 g/mol. The second-order valence-corrected chi connectivity index (χ2v) is 17.0. The predicted molar refractivity (Wildman–Crippen MR) is 240 cm³/mol. The molecule has 0 aromatic heterocycles. The molecule has 0 saturated carbocycles. The molecule has 0 unspecified atom stereocenters. The first-order valence-corrected chi connectivity index (χ1v) is 23.3. The van der Waals surface area contributed by atoms with Crippen LogP contribution in [-0.4, -0.2) is 160 Å². The van der Waals surface area contributed by atoms with Crippen molar-refractivity contribution in [1.29, 1.82) is 0 Å². The zero-order valence-electron chi connectivity index (χ0n) is 38.7. The Balaban J connectivity index is 1.20. The Bertz CT molecular complexity index is 1730. The number of hydrogen-bond acceptors (Lipinski definition) is 16. The van der Waals surface area contributed by atoms with Crippen LogP contribution in [0, 0.1) is 0 Å². The predicted octanol–water partition coefficient (Wildman–Crippen LogP) is 4.45. The average Bonchev–Trinajstić information content (AvgIpc) is 3.33. The number of aliphatic hydroxyl groups excluding tert-OH is 4. The molecule has 0 amide bonds. The molecule has 16 nitrogen and oxygen atoms in total. The molecule has 0 aliphatic carbocycles. The fourth-order valence-corrected chi connectivity index (χ4v) is 8.58. The van der Waals surface area contributed by atoms with Crippen LogP contribution < -0.4 is 0 Å². The molecule has 3 aliphatic rings. The molecule has 15 atom stereocenters. The lowest BCUT2D eigenvalue weighted by Gasteiger charge is -2.49. The van der Waals surface area contributed by atoms with E-state index >= 15 is 0 Å². The third kappa shape index (κ3) is 14.8. The van der Waals surface area contributed by atoms with Gasteiger partial charge in [-0.25, -0.2) is 0 Å². The first-order chi connectivity index (χ1) is 32.3. The van der Waals surface area contributed by atoms with E-state index in [0.29, 0.717) is 6.61 Å². The molecule has 66 heavy (non-hydrogen) atoms. The van der Waals surface area contributed by atoms with E-state index in [0.717, 1.165) is 42.4 Å². The SMILES string of the molecule is CCCCCCCCO[C@H]1O[C@H](COCc2ccccc2)[C@@H](O[C@H]2O[C@H](COCc3ccccc3)[C@@H](O[C@H]3O[C@H](COCc4ccccc4)[C@@H](O)[C@H](OC)[C@@H]3O)[C@H](OC)[C@@H]2O)[C@H](O)[C@@H]1OC. The molecular formula is C50H72O16. The topological polar surface area (TPSA) is 192 Å². The van der Waals surface area contributed by atoms with Crippen LogP contribution in [0.25, 0.3) is 0 Å². The van der Waals surface area contributed by atoms with Crippen LogP contribution in [0.4, 0.5) is 0 Å². The maximum absolute atomic E-state index is 12.1. The third-order valence-corrected chi connectivity index (χ3v) is 12.2. The lowest BCUT2D eigenvalue weighted by Crippen LogP contribution is -2.67. The summed E-state index contributed by atoms with van der Waals surface area (Å²) in [7, 11) is 4.24. The van der Waals surface area contributed by atoms with Crippen LogP contribution in [0.5, 0.6) is 0 Å². The Kier molecular flexibility index (Phi) is 22.1. The standard InChI is InChI=1S/C50H72O16/c1-5-6-7-8-9-19-26-61-50-47(57-4)40(52)43(37(64-50)31-59-28-34-22-15-11-16-23-34)65-49-42(54)46(56-3)44(38(63-49)32-60-29-35-24-17-12-18-25-35)66-48-41(53)45(55-2)39(51)36(62-48)30-58-27-33-20-13-10-14-21-33/h10-18,20-25,36-54H,5-9,19,26-32H2,1-4H3/t36-,37-,38-,39-,40+,41+,42+,43-,44-,45+,46-,47+,48-,49-,50+/m1/s1. The smallest absolute Gasteiger partial charge is 0.187 e. The molecule has 16 heteroatoms. The van der Waals surface area contributed by atoms with E-state index in [1.165, 1.54) is 34.2 Å². The Labute approximate surface area is 389 Å². The number of benzene rings is 3. The van der Waals surface area contributed by atoms with Gasteiger partial charge < -0.3 is 77.3 Å². The van der Waals surface area contributed by atoms with E-state index in [-0.39, 0.29) is 39.6 Å². The molecule has 3 aliphatic heterocycles. The van der Waals surface area contributed by atoms with Gasteiger partial charge in [-0.3, -0.25) is 0 Å². The van der Waals surface area contributed by atoms with Crippen molar-refractivity contribution in [2.75, 3.05) is 47.8 Å². The highest BCUT2D eigenvalue weighted by Gasteiger charge is 2.55. The quantitative estimate of drug-likeness (QED) is 0.0784. The molecular weight excluding hydrogens is 857 g/mol. The van der Waals surface area contributed by atoms with Crippen molar-refractivity contribution in [2.45, 2.75) is 157 Å². The maximum Gasteiger partial charge on any atom is 0.187 e. The number of ether oxygens (including phenoxy) is 12. The van der Waals surface area contributed by atoms with Crippen molar-refractivity contribution in [1.82, 2.24) is 0 Å². The second kappa shape index (κ2) is 27.9. The van der Waals surface area contributed by atoms with Gasteiger partial charge in [0.2, 0.25) is 0 Å². The molecule has 368 valence electrons. The molecule has 6 rings (SSSR count). The van der Waals surface area contributed by atoms with Crippen molar-refractivity contribution in [3.05, 3.63) is 108 Å². The van der Waals surface area contributed by atoms with Gasteiger partial charge in [0.25, 0.3) is 0 Å². The number of aliphatic hydroxyl groups is 4. The van der Waals surface area contributed by atoms with E-state index in [1.54, 1.807) is 0 Å². The van der Waals surface area contributed by atoms with Gasteiger partial charge in [0.05, 0.1) is 39.6 Å². The highest BCUT2D eigenvalue weighted by atomic mass is 16.8. The van der Waals surface area contributed by atoms with Crippen molar-refractivity contribution in [3.8, 4) is 0 Å². The van der Waals surface area contributed by atoms with Crippen molar-refractivity contribution in [3.63, 3.8) is 0 Å². The highest BCUT2D eigenvalue weighted by Crippen LogP contribution is 2.35. The summed E-state index contributed by atoms with van der Waals surface area (Å²) in [6.07, 6.45) is -11.3. The minimum atomic E-state index is -1.53. The number of methoxy groups -OCH3 is 3. The van der Waals surface area contributed by atoms with Crippen LogP contribution in [0.3, 0.4) is 0 Å². The minimum absolute atomic E-state index is 0.00450. The summed E-state index contributed by atoms with van der Waals surface area (Å²) in [6, 6.07) is 28.8. The van der Waals surface area contributed by atoms with Crippen molar-refractivity contribution >= 4 is 0 Å². The van der Waals surface area contributed by atoms with Gasteiger partial charge in [-0.05, 0) is 23.1 Å². The molecule has 0 radical (unpaired) electrons. The molecule has 3 aromatic carbocycles. The number of hydrogen-bond donors (Lipinski definition) is 4. The van der Waals surface area contributed by atoms with Crippen LogP contribution >= 0.6 is 0 Å². The summed E-state index contributed by atoms with van der Waals surface area (Å²) in [6.45, 7) is 3.19. The van der Waals surface area contributed by atoms with Gasteiger partial charge in [0.15, 0.2) is 18.9 Å². The van der Waals surface area contributed by atoms with Gasteiger partial charge >= 0.3 is 0 Å². The largest absolute Gasteiger partial charge is 0.387 e. The maximum atomic E-state index is 12.1. The normalized spacial score (nSPS) is 32.6. The van der Waals surface area contributed by atoms with Gasteiger partial charge in [0.1, 0.15) is 73.2 Å². The molecule has 3 aromatic rings. The summed E-state index contributed by atoms with van der Waals surface area (Å²) in [5.74, 6) is 0. The van der Waals surface area contributed by atoms with E-state index in [2.05, 4.69) is 6.92 Å². The highest BCUT2D eigenvalue weighted by molar-refractivity contribution is 5.15. The molecule has 0 bridgehead atoms. The minimum Gasteiger partial charge on any atom is -0.387 e. The zero-order chi connectivity index (χ0) is 46.7. The van der Waals surface area contributed by atoms with Gasteiger partial charge in [-0.2, -0.15) is 0 Å². The lowest BCUT2D eigenvalue weighted by molar-refractivity contribution is -0.383. The fraction of sp³-hybridized carbons (Fsp3) is 0.640. The van der Waals surface area contributed by atoms with E-state index < -0.39 is 92.1 Å². The van der Waals surface area contributed by atoms with Crippen LogP contribution in [0.15, 0.2) is 91.0 Å². The fourth-order valence-electron chi connectivity index (χ4n) is 8.58. The molecule has 3 fully saturated rings. The summed E-state index contributed by atoms with van der Waals surface area (Å²) in [5.41, 5.74) is 2.78. The van der Waals surface area contributed by atoms with E-state index in [9.17, 15) is 20.4 Å².